The third-order valence-corrected chi connectivity index (χ3v) is 5.14. The zero-order chi connectivity index (χ0) is 17.4. The molecule has 0 spiro atoms. The molecule has 124 valence electrons. The first-order valence-corrected chi connectivity index (χ1v) is 8.86. The highest BCUT2D eigenvalue weighted by atomic mass is 16.2. The lowest BCUT2D eigenvalue weighted by atomic mass is 9.99. The van der Waals surface area contributed by atoms with Gasteiger partial charge in [0.2, 0.25) is 0 Å². The topological polar surface area (TPSA) is 17.1 Å². The summed E-state index contributed by atoms with van der Waals surface area (Å²) in [5.41, 5.74) is 4.08. The second-order valence-electron chi connectivity index (χ2n) is 6.79. The Balaban J connectivity index is 1.89. The van der Waals surface area contributed by atoms with Crippen LogP contribution in [-0.2, 0) is 0 Å². The summed E-state index contributed by atoms with van der Waals surface area (Å²) in [5.74, 6) is 0.159. The average Bonchev–Trinajstić information content (AvgIpc) is 3.01. The molecule has 25 heavy (non-hydrogen) atoms. The lowest BCUT2D eigenvalue weighted by Crippen LogP contribution is -2.49. The minimum absolute atomic E-state index is 0.159. The van der Waals surface area contributed by atoms with Crippen molar-refractivity contribution in [3.05, 3.63) is 83.6 Å². The number of para-hydroxylation sites is 1. The van der Waals surface area contributed by atoms with E-state index in [1.54, 1.807) is 0 Å². The Bertz CT molecular complexity index is 1000. The smallest absolute Gasteiger partial charge is 0.225 e. The Kier molecular flexibility index (Phi) is 3.78. The van der Waals surface area contributed by atoms with Gasteiger partial charge in [-0.3, -0.25) is 0 Å². The van der Waals surface area contributed by atoms with Crippen molar-refractivity contribution in [1.29, 1.82) is 0 Å². The van der Waals surface area contributed by atoms with Crippen LogP contribution in [0.4, 0.5) is 5.69 Å². The molecule has 4 rings (SSSR count). The molecule has 1 amide bonds. The lowest BCUT2D eigenvalue weighted by Gasteiger charge is -2.30. The molecule has 0 fully saturated rings. The average molecular weight is 328 g/mol. The van der Waals surface area contributed by atoms with Crippen molar-refractivity contribution >= 4 is 28.4 Å². The van der Waals surface area contributed by atoms with E-state index in [0.29, 0.717) is 0 Å². The van der Waals surface area contributed by atoms with Crippen LogP contribution in [0.2, 0.25) is 0 Å². The number of amides is 1. The predicted molar refractivity (Wildman–Crippen MR) is 105 cm³/mol. The molecule has 0 bridgehead atoms. The maximum absolute atomic E-state index is 13.7. The Morgan fingerprint density at radius 1 is 0.960 bits per heavy atom. The highest BCUT2D eigenvalue weighted by Gasteiger charge is 2.42. The van der Waals surface area contributed by atoms with Crippen molar-refractivity contribution in [1.82, 2.24) is 4.48 Å². The van der Waals surface area contributed by atoms with Gasteiger partial charge in [-0.2, -0.15) is 4.48 Å². The van der Waals surface area contributed by atoms with E-state index in [9.17, 15) is 4.79 Å². The highest BCUT2D eigenvalue weighted by molar-refractivity contribution is 6.09. The van der Waals surface area contributed by atoms with Crippen LogP contribution >= 0.6 is 0 Å². The summed E-state index contributed by atoms with van der Waals surface area (Å²) in [7, 11) is 0. The molecule has 3 aromatic rings. The van der Waals surface area contributed by atoms with Crippen molar-refractivity contribution in [2.24, 2.45) is 0 Å². The molecule has 1 heterocycles. The maximum Gasteiger partial charge on any atom is 0.355 e. The van der Waals surface area contributed by atoms with E-state index in [1.807, 2.05) is 31.2 Å². The van der Waals surface area contributed by atoms with Gasteiger partial charge in [-0.1, -0.05) is 49.4 Å². The molecular weight excluding hydrogens is 306 g/mol. The summed E-state index contributed by atoms with van der Waals surface area (Å²) in [6, 6.07) is 20.6. The molecular formula is C23H22NO+. The van der Waals surface area contributed by atoms with Crippen LogP contribution in [-0.4, -0.2) is 12.5 Å². The molecule has 0 aliphatic carbocycles. The molecule has 0 radical (unpaired) electrons. The van der Waals surface area contributed by atoms with Crippen LogP contribution in [0.25, 0.3) is 16.8 Å². The summed E-state index contributed by atoms with van der Waals surface area (Å²) in [4.78, 5) is 13.7. The van der Waals surface area contributed by atoms with Gasteiger partial charge < -0.3 is 0 Å². The summed E-state index contributed by atoms with van der Waals surface area (Å²) in [6.07, 6.45) is 5.08. The number of carbonyl (C=O) groups excluding carboxylic acids is 1. The van der Waals surface area contributed by atoms with Crippen LogP contribution in [0, 0.1) is 6.92 Å². The first kappa shape index (κ1) is 15.8. The molecule has 0 saturated carbocycles. The van der Waals surface area contributed by atoms with Crippen molar-refractivity contribution < 1.29 is 4.79 Å². The van der Waals surface area contributed by atoms with E-state index in [2.05, 4.69) is 55.6 Å². The van der Waals surface area contributed by atoms with Gasteiger partial charge in [-0.25, -0.2) is 4.79 Å². The van der Waals surface area contributed by atoms with E-state index in [-0.39, 0.29) is 10.4 Å². The number of quaternary nitrogens is 1. The van der Waals surface area contributed by atoms with Crippen LogP contribution < -0.4 is 4.48 Å². The second-order valence-corrected chi connectivity index (χ2v) is 6.79. The fraction of sp³-hybridized carbons (Fsp3) is 0.174. The zero-order valence-corrected chi connectivity index (χ0v) is 14.7. The minimum Gasteiger partial charge on any atom is -0.225 e. The maximum atomic E-state index is 13.7. The van der Waals surface area contributed by atoms with E-state index >= 15 is 0 Å². The summed E-state index contributed by atoms with van der Waals surface area (Å²) in [6.45, 7) is 4.95. The van der Waals surface area contributed by atoms with Gasteiger partial charge in [0.05, 0.1) is 12.1 Å². The zero-order valence-electron chi connectivity index (χ0n) is 14.7. The number of rotatable bonds is 3. The van der Waals surface area contributed by atoms with Crippen LogP contribution in [0.15, 0.2) is 66.9 Å². The minimum atomic E-state index is 0.159. The number of carbonyl (C=O) groups is 1. The molecule has 0 aromatic heterocycles. The summed E-state index contributed by atoms with van der Waals surface area (Å²) >= 11 is 0. The first-order valence-electron chi connectivity index (χ1n) is 8.86. The van der Waals surface area contributed by atoms with E-state index in [4.69, 9.17) is 0 Å². The van der Waals surface area contributed by atoms with Crippen molar-refractivity contribution in [3.63, 3.8) is 0 Å². The molecule has 3 aromatic carbocycles. The number of aryl methyl sites for hydroxylation is 1. The molecule has 1 aliphatic rings. The van der Waals surface area contributed by atoms with Gasteiger partial charge in [0, 0.05) is 17.7 Å². The van der Waals surface area contributed by atoms with Crippen molar-refractivity contribution in [2.75, 3.05) is 6.54 Å². The quantitative estimate of drug-likeness (QED) is 0.564. The van der Waals surface area contributed by atoms with Gasteiger partial charge in [0.25, 0.3) is 0 Å². The number of hydrogen-bond donors (Lipinski definition) is 0. The first-order chi connectivity index (χ1) is 12.2. The Labute approximate surface area is 148 Å². The van der Waals surface area contributed by atoms with Crippen molar-refractivity contribution in [3.8, 4) is 0 Å². The third-order valence-electron chi connectivity index (χ3n) is 5.14. The summed E-state index contributed by atoms with van der Waals surface area (Å²) < 4.78 is 0.284. The van der Waals surface area contributed by atoms with Gasteiger partial charge in [-0.15, -0.1) is 0 Å². The monoisotopic (exact) mass is 328 g/mol. The van der Waals surface area contributed by atoms with Crippen molar-refractivity contribution in [2.45, 2.75) is 20.3 Å². The number of hydrogen-bond acceptors (Lipinski definition) is 1. The van der Waals surface area contributed by atoms with Crippen LogP contribution in [0.5, 0.6) is 0 Å². The SMILES string of the molecule is CCC[N+]1(C(=O)c2cc3ccccc3cc2C)C=Cc2ccccc21. The third kappa shape index (κ3) is 2.41. The molecule has 2 nitrogen and oxygen atoms in total. The number of fused-ring (bicyclic) bond motifs is 2. The predicted octanol–water partition coefficient (Wildman–Crippen LogP) is 5.69. The van der Waals surface area contributed by atoms with E-state index in [1.165, 1.54) is 5.39 Å². The van der Waals surface area contributed by atoms with Gasteiger partial charge in [0.15, 0.2) is 5.69 Å². The van der Waals surface area contributed by atoms with Gasteiger partial charge in [0.1, 0.15) is 6.20 Å². The largest absolute Gasteiger partial charge is 0.355 e. The Hall–Kier alpha value is -2.71. The van der Waals surface area contributed by atoms with Gasteiger partial charge in [-0.05, 0) is 41.8 Å². The molecule has 0 N–H and O–H groups in total. The molecule has 2 heteroatoms. The standard InChI is InChI=1S/C23H22NO/c1-3-13-24(14-12-18-8-6-7-11-22(18)24)23(25)21-16-20-10-5-4-9-19(20)15-17(21)2/h4-12,14-16H,3,13H2,1-2H3/q+1. The van der Waals surface area contributed by atoms with E-state index in [0.717, 1.165) is 40.7 Å². The number of benzene rings is 3. The van der Waals surface area contributed by atoms with Crippen LogP contribution in [0.3, 0.4) is 0 Å². The lowest BCUT2D eigenvalue weighted by molar-refractivity contribution is 0.0829. The molecule has 0 saturated heterocycles. The number of nitrogens with zero attached hydrogens (tertiary/aromatic N) is 1. The Morgan fingerprint density at radius 3 is 2.40 bits per heavy atom. The van der Waals surface area contributed by atoms with E-state index < -0.39 is 0 Å². The highest BCUT2D eigenvalue weighted by Crippen LogP contribution is 2.38. The fourth-order valence-corrected chi connectivity index (χ4v) is 3.91. The Morgan fingerprint density at radius 2 is 1.64 bits per heavy atom. The summed E-state index contributed by atoms with van der Waals surface area (Å²) in [5, 5.41) is 2.29. The second kappa shape index (κ2) is 5.98. The van der Waals surface area contributed by atoms with Crippen LogP contribution in [0.1, 0.15) is 34.8 Å². The normalized spacial score (nSPS) is 18.5. The molecule has 1 aliphatic heterocycles. The molecule has 1 atom stereocenters. The molecule has 1 unspecified atom stereocenters. The van der Waals surface area contributed by atoms with Gasteiger partial charge >= 0.3 is 5.91 Å². The fourth-order valence-electron chi connectivity index (χ4n) is 3.91.